The Morgan fingerprint density at radius 1 is 1.21 bits per heavy atom. The van der Waals surface area contributed by atoms with E-state index in [9.17, 15) is 4.79 Å². The minimum absolute atomic E-state index is 0.381. The van der Waals surface area contributed by atoms with E-state index in [2.05, 4.69) is 0 Å². The van der Waals surface area contributed by atoms with Gasteiger partial charge < -0.3 is 4.74 Å². The lowest BCUT2D eigenvalue weighted by Crippen LogP contribution is -2.20. The summed E-state index contributed by atoms with van der Waals surface area (Å²) in [7, 11) is 0. The Bertz CT molecular complexity index is 190. The fourth-order valence-electron chi connectivity index (χ4n) is 2.10. The van der Waals surface area contributed by atoms with E-state index in [-0.39, 0.29) is 0 Å². The molecule has 1 saturated carbocycles. The van der Waals surface area contributed by atoms with Crippen LogP contribution in [0.2, 0.25) is 0 Å². The first kappa shape index (κ1) is 10.2. The summed E-state index contributed by atoms with van der Waals surface area (Å²) >= 11 is 0. The van der Waals surface area contributed by atoms with Crippen LogP contribution in [0, 0.1) is 5.92 Å². The van der Waals surface area contributed by atoms with Crippen molar-refractivity contribution in [1.82, 2.24) is 0 Å². The Kier molecular flexibility index (Phi) is 3.57. The summed E-state index contributed by atoms with van der Waals surface area (Å²) in [6, 6.07) is 0. The topological polar surface area (TPSA) is 26.3 Å². The van der Waals surface area contributed by atoms with Gasteiger partial charge in [-0.05, 0) is 44.4 Å². The Balaban J connectivity index is 1.57. The Labute approximate surface area is 86.0 Å². The van der Waals surface area contributed by atoms with E-state index in [4.69, 9.17) is 4.74 Å². The third-order valence-corrected chi connectivity index (χ3v) is 3.23. The van der Waals surface area contributed by atoms with E-state index in [1.54, 1.807) is 0 Å². The summed E-state index contributed by atoms with van der Waals surface area (Å²) in [5.74, 6) is 1.21. The van der Waals surface area contributed by atoms with Crippen molar-refractivity contribution in [3.8, 4) is 0 Å². The van der Waals surface area contributed by atoms with Crippen LogP contribution in [-0.2, 0) is 9.53 Å². The highest BCUT2D eigenvalue weighted by Crippen LogP contribution is 2.33. The molecule has 80 valence electrons. The molecule has 0 amide bonds. The molecule has 1 saturated heterocycles. The SMILES string of the molecule is O=C(CCC1CCCCO1)CC1CC1. The maximum absolute atomic E-state index is 11.5. The molecule has 0 spiro atoms. The van der Waals surface area contributed by atoms with Crippen LogP contribution >= 0.6 is 0 Å². The molecule has 0 aromatic rings. The van der Waals surface area contributed by atoms with Gasteiger partial charge in [0.25, 0.3) is 0 Å². The van der Waals surface area contributed by atoms with Gasteiger partial charge in [-0.1, -0.05) is 0 Å². The molecule has 2 fully saturated rings. The van der Waals surface area contributed by atoms with Crippen LogP contribution < -0.4 is 0 Å². The molecule has 0 aromatic carbocycles. The highest BCUT2D eigenvalue weighted by Gasteiger charge is 2.24. The van der Waals surface area contributed by atoms with Crippen LogP contribution in [0.3, 0.4) is 0 Å². The second-order valence-electron chi connectivity index (χ2n) is 4.71. The molecule has 1 heterocycles. The summed E-state index contributed by atoms with van der Waals surface area (Å²) in [5.41, 5.74) is 0. The van der Waals surface area contributed by atoms with Crippen molar-refractivity contribution >= 4 is 5.78 Å². The largest absolute Gasteiger partial charge is 0.378 e. The lowest BCUT2D eigenvalue weighted by Gasteiger charge is -2.22. The van der Waals surface area contributed by atoms with Crippen molar-refractivity contribution in [2.75, 3.05) is 6.61 Å². The van der Waals surface area contributed by atoms with Crippen LogP contribution in [0.5, 0.6) is 0 Å². The minimum Gasteiger partial charge on any atom is -0.378 e. The molecule has 2 aliphatic rings. The van der Waals surface area contributed by atoms with Gasteiger partial charge in [0.1, 0.15) is 5.78 Å². The highest BCUT2D eigenvalue weighted by atomic mass is 16.5. The van der Waals surface area contributed by atoms with Gasteiger partial charge in [0, 0.05) is 19.4 Å². The number of Topliss-reactive ketones (excluding diaryl/α,β-unsaturated/α-hetero) is 1. The van der Waals surface area contributed by atoms with Crippen molar-refractivity contribution in [3.05, 3.63) is 0 Å². The van der Waals surface area contributed by atoms with Gasteiger partial charge in [0.05, 0.1) is 6.10 Å². The first-order chi connectivity index (χ1) is 6.84. The smallest absolute Gasteiger partial charge is 0.133 e. The number of ketones is 1. The molecule has 14 heavy (non-hydrogen) atoms. The highest BCUT2D eigenvalue weighted by molar-refractivity contribution is 5.78. The van der Waals surface area contributed by atoms with Crippen molar-refractivity contribution in [1.29, 1.82) is 0 Å². The molecular formula is C12H20O2. The number of hydrogen-bond acceptors (Lipinski definition) is 2. The fourth-order valence-corrected chi connectivity index (χ4v) is 2.10. The average molecular weight is 196 g/mol. The predicted molar refractivity (Wildman–Crippen MR) is 55.2 cm³/mol. The summed E-state index contributed by atoms with van der Waals surface area (Å²) < 4.78 is 5.60. The Morgan fingerprint density at radius 3 is 2.71 bits per heavy atom. The third kappa shape index (κ3) is 3.41. The fraction of sp³-hybridized carbons (Fsp3) is 0.917. The lowest BCUT2D eigenvalue weighted by atomic mass is 10.0. The first-order valence-corrected chi connectivity index (χ1v) is 5.98. The normalized spacial score (nSPS) is 27.6. The van der Waals surface area contributed by atoms with Crippen LogP contribution in [0.15, 0.2) is 0 Å². The Hall–Kier alpha value is -0.370. The number of carbonyl (C=O) groups is 1. The zero-order valence-electron chi connectivity index (χ0n) is 8.84. The molecule has 1 aliphatic heterocycles. The van der Waals surface area contributed by atoms with Gasteiger partial charge in [0.2, 0.25) is 0 Å². The monoisotopic (exact) mass is 196 g/mol. The first-order valence-electron chi connectivity index (χ1n) is 5.98. The number of ether oxygens (including phenoxy) is 1. The molecule has 2 nitrogen and oxygen atoms in total. The molecule has 2 rings (SSSR count). The zero-order valence-corrected chi connectivity index (χ0v) is 8.84. The summed E-state index contributed by atoms with van der Waals surface area (Å²) in [6.45, 7) is 0.904. The van der Waals surface area contributed by atoms with E-state index in [0.717, 1.165) is 38.2 Å². The molecule has 0 bridgehead atoms. The van der Waals surface area contributed by atoms with Crippen LogP contribution in [0.4, 0.5) is 0 Å². The van der Waals surface area contributed by atoms with E-state index in [1.807, 2.05) is 0 Å². The minimum atomic E-state index is 0.381. The summed E-state index contributed by atoms with van der Waals surface area (Å²) in [4.78, 5) is 11.5. The molecule has 1 unspecified atom stereocenters. The van der Waals surface area contributed by atoms with Crippen molar-refractivity contribution < 1.29 is 9.53 Å². The maximum atomic E-state index is 11.5. The lowest BCUT2D eigenvalue weighted by molar-refractivity contribution is -0.120. The van der Waals surface area contributed by atoms with E-state index in [1.165, 1.54) is 25.7 Å². The van der Waals surface area contributed by atoms with Gasteiger partial charge in [0.15, 0.2) is 0 Å². The molecule has 1 aliphatic carbocycles. The quantitative estimate of drug-likeness (QED) is 0.675. The van der Waals surface area contributed by atoms with E-state index < -0.39 is 0 Å². The number of hydrogen-bond donors (Lipinski definition) is 0. The van der Waals surface area contributed by atoms with E-state index >= 15 is 0 Å². The molecule has 1 atom stereocenters. The Morgan fingerprint density at radius 2 is 2.07 bits per heavy atom. The van der Waals surface area contributed by atoms with Crippen molar-refractivity contribution in [2.45, 2.75) is 57.5 Å². The van der Waals surface area contributed by atoms with Crippen LogP contribution in [0.1, 0.15) is 51.4 Å². The van der Waals surface area contributed by atoms with Gasteiger partial charge in [-0.3, -0.25) is 4.79 Å². The molecule has 0 radical (unpaired) electrons. The van der Waals surface area contributed by atoms with Crippen molar-refractivity contribution in [2.24, 2.45) is 5.92 Å². The van der Waals surface area contributed by atoms with Gasteiger partial charge in [-0.25, -0.2) is 0 Å². The van der Waals surface area contributed by atoms with Gasteiger partial charge in [-0.2, -0.15) is 0 Å². The molecular weight excluding hydrogens is 176 g/mol. The van der Waals surface area contributed by atoms with Crippen LogP contribution in [-0.4, -0.2) is 18.5 Å². The number of rotatable bonds is 5. The second-order valence-corrected chi connectivity index (χ2v) is 4.71. The third-order valence-electron chi connectivity index (χ3n) is 3.23. The van der Waals surface area contributed by atoms with Crippen molar-refractivity contribution in [3.63, 3.8) is 0 Å². The summed E-state index contributed by atoms with van der Waals surface area (Å²) in [6.07, 6.45) is 9.15. The molecule has 0 N–H and O–H groups in total. The second kappa shape index (κ2) is 4.92. The van der Waals surface area contributed by atoms with Gasteiger partial charge >= 0.3 is 0 Å². The zero-order chi connectivity index (χ0) is 9.80. The maximum Gasteiger partial charge on any atom is 0.133 e. The molecule has 0 aromatic heterocycles. The average Bonchev–Trinajstić information content (AvgIpc) is 3.00. The summed E-state index contributed by atoms with van der Waals surface area (Å²) in [5, 5.41) is 0. The number of carbonyl (C=O) groups excluding carboxylic acids is 1. The van der Waals surface area contributed by atoms with Crippen LogP contribution in [0.25, 0.3) is 0 Å². The molecule has 2 heteroatoms. The van der Waals surface area contributed by atoms with E-state index in [0.29, 0.717) is 11.9 Å². The predicted octanol–water partition coefficient (Wildman–Crippen LogP) is 2.70. The standard InChI is InChI=1S/C12H20O2/c13-11(9-10-4-5-10)6-7-12-3-1-2-8-14-12/h10,12H,1-9H2. The van der Waals surface area contributed by atoms with Gasteiger partial charge in [-0.15, -0.1) is 0 Å².